The van der Waals surface area contributed by atoms with E-state index in [0.717, 1.165) is 70.4 Å². The number of morpholine rings is 1. The lowest BCUT2D eigenvalue weighted by Crippen LogP contribution is -2.35. The second-order valence-electron chi connectivity index (χ2n) is 7.88. The molecule has 1 aliphatic heterocycles. The van der Waals surface area contributed by atoms with Crippen molar-refractivity contribution in [2.75, 3.05) is 31.6 Å². The summed E-state index contributed by atoms with van der Waals surface area (Å²) in [7, 11) is 0. The number of pyridine rings is 1. The van der Waals surface area contributed by atoms with Gasteiger partial charge in [0.15, 0.2) is 0 Å². The molecule has 1 aromatic carbocycles. The number of benzene rings is 1. The van der Waals surface area contributed by atoms with Crippen molar-refractivity contribution in [2.24, 2.45) is 0 Å². The minimum atomic E-state index is 0. The Morgan fingerprint density at radius 2 is 1.76 bits per heavy atom. The number of hydrogen-bond donors (Lipinski definition) is 1. The summed E-state index contributed by atoms with van der Waals surface area (Å²) < 4.78 is 6.44. The molecule has 3 aromatic heterocycles. The number of anilines is 1. The number of nitrogens with zero attached hydrogens (tertiary/aromatic N) is 4. The molecule has 4 aromatic rings. The Balaban J connectivity index is 0.00000153. The zero-order valence-electron chi connectivity index (χ0n) is 18.4. The molecule has 1 fully saturated rings. The maximum Gasteiger partial charge on any atom is 0.147 e. The van der Waals surface area contributed by atoms with Crippen LogP contribution in [0.15, 0.2) is 30.6 Å². The number of nitrogens with one attached hydrogen (secondary N) is 1. The van der Waals surface area contributed by atoms with Crippen molar-refractivity contribution >= 4 is 74.0 Å². The molecule has 0 unspecified atom stereocenters. The number of halogens is 3. The predicted molar refractivity (Wildman–Crippen MR) is 142 cm³/mol. The highest BCUT2D eigenvalue weighted by Gasteiger charge is 2.17. The number of thiophene rings is 1. The number of rotatable bonds is 5. The Morgan fingerprint density at radius 3 is 2.48 bits per heavy atom. The Kier molecular flexibility index (Phi) is 8.72. The minimum absolute atomic E-state index is 0. The Labute approximate surface area is 214 Å². The highest BCUT2D eigenvalue weighted by Crippen LogP contribution is 2.39. The van der Waals surface area contributed by atoms with Crippen molar-refractivity contribution in [3.63, 3.8) is 0 Å². The first-order valence-electron chi connectivity index (χ1n) is 10.4. The Hall–Kier alpha value is -1.74. The first kappa shape index (κ1) is 25.9. The van der Waals surface area contributed by atoms with Crippen molar-refractivity contribution in [3.8, 4) is 0 Å². The van der Waals surface area contributed by atoms with Crippen LogP contribution in [0.1, 0.15) is 22.4 Å². The fraction of sp³-hybridized carbons (Fsp3) is 0.348. The van der Waals surface area contributed by atoms with Crippen LogP contribution in [0, 0.1) is 13.8 Å². The third kappa shape index (κ3) is 5.34. The van der Waals surface area contributed by atoms with E-state index in [1.54, 1.807) is 17.7 Å². The van der Waals surface area contributed by atoms with Crippen molar-refractivity contribution in [3.05, 3.63) is 58.0 Å². The summed E-state index contributed by atoms with van der Waals surface area (Å²) in [6.07, 6.45) is 1.61. The van der Waals surface area contributed by atoms with Gasteiger partial charge in [0.1, 0.15) is 17.0 Å². The van der Waals surface area contributed by atoms with Gasteiger partial charge in [-0.25, -0.2) is 15.0 Å². The quantitative estimate of drug-likeness (QED) is 0.355. The highest BCUT2D eigenvalue weighted by molar-refractivity contribution is 7.26. The summed E-state index contributed by atoms with van der Waals surface area (Å²) in [5, 5.41) is 5.21. The van der Waals surface area contributed by atoms with E-state index in [0.29, 0.717) is 11.6 Å². The number of ether oxygens (including phenoxy) is 1. The van der Waals surface area contributed by atoms with Gasteiger partial charge in [0.25, 0.3) is 0 Å². The van der Waals surface area contributed by atoms with Crippen LogP contribution in [-0.2, 0) is 17.8 Å². The van der Waals surface area contributed by atoms with Gasteiger partial charge in [-0.05, 0) is 30.5 Å². The van der Waals surface area contributed by atoms with E-state index in [9.17, 15) is 0 Å². The smallest absolute Gasteiger partial charge is 0.147 e. The normalized spacial score (nSPS) is 14.2. The average molecular weight is 527 g/mol. The van der Waals surface area contributed by atoms with E-state index in [-0.39, 0.29) is 24.8 Å². The molecule has 176 valence electrons. The summed E-state index contributed by atoms with van der Waals surface area (Å²) >= 11 is 8.05. The molecule has 10 heteroatoms. The molecular formula is C23H26Cl3N5OS. The molecule has 0 amide bonds. The van der Waals surface area contributed by atoms with E-state index < -0.39 is 0 Å². The summed E-state index contributed by atoms with van der Waals surface area (Å²) in [6, 6.07) is 8.78. The molecule has 0 bridgehead atoms. The molecule has 0 radical (unpaired) electrons. The third-order valence-corrected chi connectivity index (χ3v) is 7.37. The topological polar surface area (TPSA) is 63.2 Å². The highest BCUT2D eigenvalue weighted by atomic mass is 35.5. The molecule has 0 saturated carbocycles. The van der Waals surface area contributed by atoms with Crippen molar-refractivity contribution in [2.45, 2.75) is 26.9 Å². The maximum absolute atomic E-state index is 6.44. The Morgan fingerprint density at radius 1 is 1.06 bits per heavy atom. The van der Waals surface area contributed by atoms with Gasteiger partial charge in [-0.3, -0.25) is 4.90 Å². The molecule has 0 atom stereocenters. The van der Waals surface area contributed by atoms with Crippen LogP contribution in [0.25, 0.3) is 20.4 Å². The van der Waals surface area contributed by atoms with Crippen LogP contribution >= 0.6 is 47.8 Å². The molecule has 5 rings (SSSR count). The van der Waals surface area contributed by atoms with Gasteiger partial charge < -0.3 is 10.1 Å². The molecule has 0 spiro atoms. The second-order valence-corrected chi connectivity index (χ2v) is 9.25. The zero-order chi connectivity index (χ0) is 21.4. The number of aromatic nitrogens is 3. The lowest BCUT2D eigenvalue weighted by molar-refractivity contribution is 0.0342. The SMILES string of the molecule is Cc1nc2sc3c(NCc4ccc(CN5CCOCC5)cc4)ncnc3c2c(C)c1Cl.Cl.Cl. The van der Waals surface area contributed by atoms with Crippen molar-refractivity contribution in [1.82, 2.24) is 19.9 Å². The molecule has 4 heterocycles. The first-order chi connectivity index (χ1) is 15.1. The molecule has 1 saturated heterocycles. The van der Waals surface area contributed by atoms with Gasteiger partial charge in [0.05, 0.1) is 34.1 Å². The molecule has 6 nitrogen and oxygen atoms in total. The van der Waals surface area contributed by atoms with E-state index in [4.69, 9.17) is 16.3 Å². The molecule has 1 N–H and O–H groups in total. The monoisotopic (exact) mass is 525 g/mol. The number of fused-ring (bicyclic) bond motifs is 3. The van der Waals surface area contributed by atoms with Crippen LogP contribution in [-0.4, -0.2) is 46.2 Å². The summed E-state index contributed by atoms with van der Waals surface area (Å²) in [5.74, 6) is 0.832. The number of aryl methyl sites for hydroxylation is 2. The summed E-state index contributed by atoms with van der Waals surface area (Å²) in [5.41, 5.74) is 5.32. The van der Waals surface area contributed by atoms with Gasteiger partial charge in [0, 0.05) is 31.6 Å². The Bertz CT molecular complexity index is 1240. The van der Waals surface area contributed by atoms with Crippen LogP contribution in [0.5, 0.6) is 0 Å². The third-order valence-electron chi connectivity index (χ3n) is 5.74. The van der Waals surface area contributed by atoms with Gasteiger partial charge in [0.2, 0.25) is 0 Å². The van der Waals surface area contributed by atoms with Gasteiger partial charge >= 0.3 is 0 Å². The van der Waals surface area contributed by atoms with E-state index >= 15 is 0 Å². The second kappa shape index (κ2) is 11.1. The van der Waals surface area contributed by atoms with E-state index in [1.165, 1.54) is 11.1 Å². The predicted octanol–water partition coefficient (Wildman–Crippen LogP) is 5.80. The summed E-state index contributed by atoms with van der Waals surface area (Å²) in [6.45, 7) is 9.29. The van der Waals surface area contributed by atoms with Crippen LogP contribution in [0.4, 0.5) is 5.82 Å². The van der Waals surface area contributed by atoms with Crippen LogP contribution in [0.3, 0.4) is 0 Å². The van der Waals surface area contributed by atoms with Crippen molar-refractivity contribution < 1.29 is 4.74 Å². The molecule has 1 aliphatic rings. The average Bonchev–Trinajstić information content (AvgIpc) is 3.16. The first-order valence-corrected chi connectivity index (χ1v) is 11.6. The molecular weight excluding hydrogens is 501 g/mol. The lowest BCUT2D eigenvalue weighted by Gasteiger charge is -2.26. The van der Waals surface area contributed by atoms with Crippen LogP contribution in [0.2, 0.25) is 5.02 Å². The van der Waals surface area contributed by atoms with Gasteiger partial charge in [-0.15, -0.1) is 36.2 Å². The summed E-state index contributed by atoms with van der Waals surface area (Å²) in [4.78, 5) is 17.1. The standard InChI is InChI=1S/C23H24ClN5OS.2ClH/c1-14-18-20-21(31-23(18)28-15(2)19(14)24)22(27-13-26-20)25-11-16-3-5-17(6-4-16)12-29-7-9-30-10-8-29;;/h3-6,13H,7-12H2,1-2H3,(H,25,26,27);2*1H. The van der Waals surface area contributed by atoms with E-state index in [1.807, 2.05) is 13.8 Å². The minimum Gasteiger partial charge on any atom is -0.379 e. The fourth-order valence-corrected chi connectivity index (χ4v) is 5.33. The van der Waals surface area contributed by atoms with Gasteiger partial charge in [-0.2, -0.15) is 0 Å². The largest absolute Gasteiger partial charge is 0.379 e. The number of hydrogen-bond acceptors (Lipinski definition) is 7. The zero-order valence-corrected chi connectivity index (χ0v) is 21.6. The maximum atomic E-state index is 6.44. The fourth-order valence-electron chi connectivity index (χ4n) is 3.99. The van der Waals surface area contributed by atoms with Gasteiger partial charge in [-0.1, -0.05) is 35.9 Å². The van der Waals surface area contributed by atoms with Crippen molar-refractivity contribution in [1.29, 1.82) is 0 Å². The molecule has 0 aliphatic carbocycles. The molecule has 33 heavy (non-hydrogen) atoms. The lowest BCUT2D eigenvalue weighted by atomic mass is 10.1. The van der Waals surface area contributed by atoms with Crippen LogP contribution < -0.4 is 5.32 Å². The van der Waals surface area contributed by atoms with E-state index in [2.05, 4.69) is 49.4 Å².